The monoisotopic (exact) mass is 199 g/mol. The fraction of sp³-hybridized carbons (Fsp3) is 1.00. The highest BCUT2D eigenvalue weighted by Crippen LogP contribution is 2.19. The van der Waals surface area contributed by atoms with Crippen LogP contribution in [0.15, 0.2) is 0 Å². The summed E-state index contributed by atoms with van der Waals surface area (Å²) in [5.74, 6) is 0.544. The molecule has 2 aliphatic heterocycles. The van der Waals surface area contributed by atoms with Gasteiger partial charge in [0, 0.05) is 38.8 Å². The van der Waals surface area contributed by atoms with Gasteiger partial charge in [0.15, 0.2) is 0 Å². The Labute approximate surface area is 86.0 Å². The molecule has 0 radical (unpaired) electrons. The first-order valence-electron chi connectivity index (χ1n) is 5.83. The second-order valence-corrected chi connectivity index (χ2v) is 4.59. The van der Waals surface area contributed by atoms with E-state index in [-0.39, 0.29) is 0 Å². The van der Waals surface area contributed by atoms with Crippen molar-refractivity contribution in [3.63, 3.8) is 0 Å². The van der Waals surface area contributed by atoms with Gasteiger partial charge in [-0.1, -0.05) is 0 Å². The Balaban J connectivity index is 1.54. The van der Waals surface area contributed by atoms with Gasteiger partial charge in [0.25, 0.3) is 0 Å². The molecule has 14 heavy (non-hydrogen) atoms. The zero-order valence-corrected chi connectivity index (χ0v) is 8.82. The van der Waals surface area contributed by atoms with Gasteiger partial charge >= 0.3 is 0 Å². The van der Waals surface area contributed by atoms with Crippen LogP contribution in [0, 0.1) is 5.92 Å². The van der Waals surface area contributed by atoms with Crippen LogP contribution in [-0.2, 0) is 4.74 Å². The lowest BCUT2D eigenvalue weighted by Gasteiger charge is -2.39. The minimum atomic E-state index is 0.358. The zero-order chi connectivity index (χ0) is 9.80. The van der Waals surface area contributed by atoms with E-state index >= 15 is 0 Å². The summed E-state index contributed by atoms with van der Waals surface area (Å²) >= 11 is 0. The molecule has 2 aliphatic rings. The molecule has 82 valence electrons. The summed E-state index contributed by atoms with van der Waals surface area (Å²) in [5, 5.41) is 8.87. The summed E-state index contributed by atoms with van der Waals surface area (Å²) in [4.78, 5) is 2.42. The molecule has 2 heterocycles. The first-order valence-corrected chi connectivity index (χ1v) is 5.83. The molecule has 0 amide bonds. The van der Waals surface area contributed by atoms with Crippen molar-refractivity contribution >= 4 is 0 Å². The largest absolute Gasteiger partial charge is 0.396 e. The number of ether oxygens (including phenoxy) is 1. The van der Waals surface area contributed by atoms with Crippen molar-refractivity contribution in [2.45, 2.75) is 31.8 Å². The molecule has 0 aliphatic carbocycles. The zero-order valence-electron chi connectivity index (χ0n) is 8.82. The van der Waals surface area contributed by atoms with Gasteiger partial charge in [-0.3, -0.25) is 0 Å². The quantitative estimate of drug-likeness (QED) is 0.729. The fourth-order valence-corrected chi connectivity index (χ4v) is 2.34. The molecular weight excluding hydrogens is 178 g/mol. The molecule has 0 aromatic rings. The maximum Gasteiger partial charge on any atom is 0.0587 e. The van der Waals surface area contributed by atoms with Crippen LogP contribution in [0.1, 0.15) is 25.7 Å². The highest BCUT2D eigenvalue weighted by Gasteiger charge is 2.26. The Kier molecular flexibility index (Phi) is 3.79. The highest BCUT2D eigenvalue weighted by molar-refractivity contribution is 4.79. The molecule has 2 rings (SSSR count). The molecule has 0 saturated carbocycles. The Bertz CT molecular complexity index is 163. The molecule has 2 saturated heterocycles. The van der Waals surface area contributed by atoms with Gasteiger partial charge in [-0.15, -0.1) is 0 Å². The van der Waals surface area contributed by atoms with E-state index in [1.165, 1.54) is 25.7 Å². The third-order valence-electron chi connectivity index (χ3n) is 3.33. The van der Waals surface area contributed by atoms with Gasteiger partial charge in [-0.05, 0) is 25.7 Å². The number of nitrogens with zero attached hydrogens (tertiary/aromatic N) is 1. The smallest absolute Gasteiger partial charge is 0.0587 e. The van der Waals surface area contributed by atoms with E-state index in [0.29, 0.717) is 18.6 Å². The van der Waals surface area contributed by atoms with Gasteiger partial charge in [0.05, 0.1) is 6.10 Å². The first kappa shape index (κ1) is 10.4. The fourth-order valence-electron chi connectivity index (χ4n) is 2.34. The van der Waals surface area contributed by atoms with E-state index in [1.54, 1.807) is 0 Å². The minimum absolute atomic E-state index is 0.358. The topological polar surface area (TPSA) is 32.7 Å². The van der Waals surface area contributed by atoms with Crippen LogP contribution in [0.3, 0.4) is 0 Å². The van der Waals surface area contributed by atoms with E-state index in [2.05, 4.69) is 4.90 Å². The molecule has 0 aromatic carbocycles. The average Bonchev–Trinajstić information content (AvgIpc) is 2.17. The molecule has 0 bridgehead atoms. The average molecular weight is 199 g/mol. The second-order valence-electron chi connectivity index (χ2n) is 4.59. The van der Waals surface area contributed by atoms with Gasteiger partial charge in [-0.2, -0.15) is 0 Å². The van der Waals surface area contributed by atoms with Crippen LogP contribution in [-0.4, -0.2) is 49.0 Å². The van der Waals surface area contributed by atoms with Crippen LogP contribution in [0.4, 0.5) is 0 Å². The van der Waals surface area contributed by atoms with Crippen LogP contribution in [0.25, 0.3) is 0 Å². The number of likely N-dealkylation sites (tertiary alicyclic amines) is 1. The van der Waals surface area contributed by atoms with E-state index < -0.39 is 0 Å². The Morgan fingerprint density at radius 1 is 1.29 bits per heavy atom. The number of aliphatic hydroxyl groups excluding tert-OH is 1. The summed E-state index contributed by atoms with van der Waals surface area (Å²) in [7, 11) is 0. The Morgan fingerprint density at radius 3 is 2.79 bits per heavy atom. The summed E-state index contributed by atoms with van der Waals surface area (Å²) in [6.07, 6.45) is 5.52. The van der Waals surface area contributed by atoms with Crippen LogP contribution in [0.2, 0.25) is 0 Å². The number of aliphatic hydroxyl groups is 1. The predicted molar refractivity (Wildman–Crippen MR) is 55.2 cm³/mol. The standard InChI is InChI=1S/C11H21NO2/c13-9-10-7-12(8-10)5-4-11-3-1-2-6-14-11/h10-11,13H,1-9H2. The minimum Gasteiger partial charge on any atom is -0.396 e. The molecular formula is C11H21NO2. The van der Waals surface area contributed by atoms with Gasteiger partial charge in [-0.25, -0.2) is 0 Å². The van der Waals surface area contributed by atoms with Crippen LogP contribution >= 0.6 is 0 Å². The van der Waals surface area contributed by atoms with E-state index in [1.807, 2.05) is 0 Å². The summed E-state index contributed by atoms with van der Waals surface area (Å²) in [6.45, 7) is 4.65. The third kappa shape index (κ3) is 2.69. The lowest BCUT2D eigenvalue weighted by Crippen LogP contribution is -2.49. The molecule has 1 N–H and O–H groups in total. The normalized spacial score (nSPS) is 30.2. The van der Waals surface area contributed by atoms with Gasteiger partial charge < -0.3 is 14.7 Å². The molecule has 0 aromatic heterocycles. The maximum atomic E-state index is 8.87. The lowest BCUT2D eigenvalue weighted by atomic mass is 9.99. The third-order valence-corrected chi connectivity index (χ3v) is 3.33. The number of hydrogen-bond donors (Lipinski definition) is 1. The van der Waals surface area contributed by atoms with Crippen LogP contribution < -0.4 is 0 Å². The van der Waals surface area contributed by atoms with Crippen molar-refractivity contribution in [2.24, 2.45) is 5.92 Å². The van der Waals surface area contributed by atoms with E-state index in [9.17, 15) is 0 Å². The Morgan fingerprint density at radius 2 is 2.14 bits per heavy atom. The number of rotatable bonds is 4. The summed E-state index contributed by atoms with van der Waals surface area (Å²) in [5.41, 5.74) is 0. The molecule has 3 heteroatoms. The number of hydrogen-bond acceptors (Lipinski definition) is 3. The molecule has 3 nitrogen and oxygen atoms in total. The van der Waals surface area contributed by atoms with Crippen molar-refractivity contribution in [1.29, 1.82) is 0 Å². The van der Waals surface area contributed by atoms with Crippen molar-refractivity contribution in [3.05, 3.63) is 0 Å². The first-order chi connectivity index (χ1) is 6.88. The van der Waals surface area contributed by atoms with Gasteiger partial charge in [0.1, 0.15) is 0 Å². The van der Waals surface area contributed by atoms with Crippen LogP contribution in [0.5, 0.6) is 0 Å². The van der Waals surface area contributed by atoms with E-state index in [0.717, 1.165) is 26.2 Å². The van der Waals surface area contributed by atoms with Crippen molar-refractivity contribution in [2.75, 3.05) is 32.8 Å². The molecule has 1 atom stereocenters. The van der Waals surface area contributed by atoms with Crippen molar-refractivity contribution in [3.8, 4) is 0 Å². The lowest BCUT2D eigenvalue weighted by molar-refractivity contribution is -0.00907. The maximum absolute atomic E-state index is 8.87. The van der Waals surface area contributed by atoms with Crippen molar-refractivity contribution in [1.82, 2.24) is 4.90 Å². The second kappa shape index (κ2) is 5.10. The van der Waals surface area contributed by atoms with Gasteiger partial charge in [0.2, 0.25) is 0 Å². The molecule has 2 fully saturated rings. The SMILES string of the molecule is OCC1CN(CCC2CCCCO2)C1. The predicted octanol–water partition coefficient (Wildman–Crippen LogP) is 0.870. The van der Waals surface area contributed by atoms with E-state index in [4.69, 9.17) is 9.84 Å². The molecule has 0 spiro atoms. The Hall–Kier alpha value is -0.120. The van der Waals surface area contributed by atoms with Crippen molar-refractivity contribution < 1.29 is 9.84 Å². The molecule has 1 unspecified atom stereocenters. The highest BCUT2D eigenvalue weighted by atomic mass is 16.5. The summed E-state index contributed by atoms with van der Waals surface area (Å²) < 4.78 is 5.67. The summed E-state index contributed by atoms with van der Waals surface area (Å²) in [6, 6.07) is 0.